The molecule has 126 valence electrons. The molecule has 9 heteroatoms. The fraction of sp³-hybridized carbons (Fsp3) is 0.333. The summed E-state index contributed by atoms with van der Waals surface area (Å²) in [4.78, 5) is 22.0. The normalized spacial score (nSPS) is 16.9. The van der Waals surface area contributed by atoms with Crippen LogP contribution >= 0.6 is 11.6 Å². The largest absolute Gasteiger partial charge is 0.364 e. The van der Waals surface area contributed by atoms with Crippen molar-refractivity contribution in [2.45, 2.75) is 12.5 Å². The molecule has 2 N–H and O–H groups in total. The van der Waals surface area contributed by atoms with Crippen molar-refractivity contribution in [1.29, 1.82) is 0 Å². The number of hydrogen-bond donors (Lipinski definition) is 2. The Morgan fingerprint density at radius 2 is 2.33 bits per heavy atom. The van der Waals surface area contributed by atoms with E-state index in [1.807, 2.05) is 13.2 Å². The number of aromatic nitrogens is 4. The maximum Gasteiger partial charge on any atom is 0.246 e. The van der Waals surface area contributed by atoms with E-state index in [0.29, 0.717) is 29.9 Å². The van der Waals surface area contributed by atoms with E-state index < -0.39 is 0 Å². The molecule has 1 unspecified atom stereocenters. The molecule has 3 rings (SSSR count). The first-order valence-corrected chi connectivity index (χ1v) is 7.89. The third kappa shape index (κ3) is 3.65. The van der Waals surface area contributed by atoms with E-state index in [2.05, 4.69) is 32.3 Å². The van der Waals surface area contributed by atoms with Gasteiger partial charge in [-0.15, -0.1) is 0 Å². The number of likely N-dealkylation sites (tertiary alicyclic amines) is 1. The SMILES string of the molecule is C=CC(=O)N1CCC(Nc2nc(Nc3cnn(C)c3)ncc2Cl)C1. The molecule has 0 spiro atoms. The molecule has 2 aromatic rings. The number of carbonyl (C=O) groups is 1. The van der Waals surface area contributed by atoms with E-state index in [1.165, 1.54) is 12.3 Å². The van der Waals surface area contributed by atoms with Gasteiger partial charge in [-0.1, -0.05) is 18.2 Å². The number of anilines is 3. The second-order valence-corrected chi connectivity index (χ2v) is 5.94. The van der Waals surface area contributed by atoms with Crippen molar-refractivity contribution >= 4 is 35.0 Å². The van der Waals surface area contributed by atoms with Gasteiger partial charge in [0.15, 0.2) is 5.82 Å². The van der Waals surface area contributed by atoms with E-state index in [9.17, 15) is 4.79 Å². The Kier molecular flexibility index (Phi) is 4.66. The Morgan fingerprint density at radius 1 is 1.50 bits per heavy atom. The van der Waals surface area contributed by atoms with Crippen molar-refractivity contribution in [3.05, 3.63) is 36.3 Å². The van der Waals surface area contributed by atoms with Gasteiger partial charge in [0.2, 0.25) is 11.9 Å². The number of amides is 1. The number of rotatable bonds is 5. The van der Waals surface area contributed by atoms with Gasteiger partial charge in [-0.2, -0.15) is 10.1 Å². The highest BCUT2D eigenvalue weighted by atomic mass is 35.5. The molecule has 1 aliphatic rings. The summed E-state index contributed by atoms with van der Waals surface area (Å²) in [6.07, 6.45) is 7.19. The summed E-state index contributed by atoms with van der Waals surface area (Å²) >= 11 is 6.18. The molecule has 0 bridgehead atoms. The van der Waals surface area contributed by atoms with Crippen LogP contribution in [-0.4, -0.2) is 49.7 Å². The molecule has 24 heavy (non-hydrogen) atoms. The first kappa shape index (κ1) is 16.3. The predicted molar refractivity (Wildman–Crippen MR) is 92.3 cm³/mol. The Bertz CT molecular complexity index is 760. The van der Waals surface area contributed by atoms with Gasteiger partial charge in [0.05, 0.1) is 18.1 Å². The highest BCUT2D eigenvalue weighted by Gasteiger charge is 2.25. The summed E-state index contributed by atoms with van der Waals surface area (Å²) in [5.41, 5.74) is 0.786. The molecule has 1 atom stereocenters. The molecule has 0 saturated carbocycles. The van der Waals surface area contributed by atoms with Crippen LogP contribution in [0.25, 0.3) is 0 Å². The number of hydrogen-bond acceptors (Lipinski definition) is 6. The summed E-state index contributed by atoms with van der Waals surface area (Å²) in [7, 11) is 1.83. The quantitative estimate of drug-likeness (QED) is 0.802. The topological polar surface area (TPSA) is 88.0 Å². The van der Waals surface area contributed by atoms with Gasteiger partial charge < -0.3 is 15.5 Å². The van der Waals surface area contributed by atoms with E-state index >= 15 is 0 Å². The highest BCUT2D eigenvalue weighted by Crippen LogP contribution is 2.24. The summed E-state index contributed by atoms with van der Waals surface area (Å²) in [5, 5.41) is 10.9. The second-order valence-electron chi connectivity index (χ2n) is 5.54. The molecule has 3 heterocycles. The van der Waals surface area contributed by atoms with Crippen LogP contribution < -0.4 is 10.6 Å². The smallest absolute Gasteiger partial charge is 0.246 e. The van der Waals surface area contributed by atoms with Gasteiger partial charge in [-0.25, -0.2) is 4.98 Å². The molecule has 0 radical (unpaired) electrons. The van der Waals surface area contributed by atoms with Crippen LogP contribution in [0.3, 0.4) is 0 Å². The van der Waals surface area contributed by atoms with Crippen molar-refractivity contribution in [3.8, 4) is 0 Å². The summed E-state index contributed by atoms with van der Waals surface area (Å²) in [6.45, 7) is 4.79. The number of nitrogens with one attached hydrogen (secondary N) is 2. The van der Waals surface area contributed by atoms with E-state index in [-0.39, 0.29) is 11.9 Å². The van der Waals surface area contributed by atoms with Crippen molar-refractivity contribution in [1.82, 2.24) is 24.6 Å². The number of aryl methyl sites for hydroxylation is 1. The van der Waals surface area contributed by atoms with Crippen LogP contribution in [0.15, 0.2) is 31.2 Å². The van der Waals surface area contributed by atoms with E-state index in [1.54, 1.807) is 15.8 Å². The lowest BCUT2D eigenvalue weighted by Gasteiger charge is -2.16. The molecule has 8 nitrogen and oxygen atoms in total. The average Bonchev–Trinajstić information content (AvgIpc) is 3.19. The lowest BCUT2D eigenvalue weighted by atomic mass is 10.2. The average molecular weight is 348 g/mol. The molecule has 0 aliphatic carbocycles. The highest BCUT2D eigenvalue weighted by molar-refractivity contribution is 6.32. The number of carbonyl (C=O) groups excluding carboxylic acids is 1. The summed E-state index contributed by atoms with van der Waals surface area (Å²) in [5.74, 6) is 0.898. The van der Waals surface area contributed by atoms with Crippen molar-refractivity contribution in [2.24, 2.45) is 7.05 Å². The fourth-order valence-corrected chi connectivity index (χ4v) is 2.69. The van der Waals surface area contributed by atoms with Crippen molar-refractivity contribution < 1.29 is 4.79 Å². The van der Waals surface area contributed by atoms with Crippen molar-refractivity contribution in [3.63, 3.8) is 0 Å². The Labute approximate surface area is 144 Å². The number of nitrogens with zero attached hydrogens (tertiary/aromatic N) is 5. The van der Waals surface area contributed by atoms with Gasteiger partial charge in [0, 0.05) is 32.4 Å². The Morgan fingerprint density at radius 3 is 3.04 bits per heavy atom. The minimum atomic E-state index is -0.0629. The van der Waals surface area contributed by atoms with Gasteiger partial charge >= 0.3 is 0 Å². The lowest BCUT2D eigenvalue weighted by molar-refractivity contribution is -0.125. The van der Waals surface area contributed by atoms with Crippen LogP contribution in [0, 0.1) is 0 Å². The van der Waals surface area contributed by atoms with Crippen molar-refractivity contribution in [2.75, 3.05) is 23.7 Å². The molecular weight excluding hydrogens is 330 g/mol. The molecule has 0 aromatic carbocycles. The van der Waals surface area contributed by atoms with Gasteiger partial charge in [0.25, 0.3) is 0 Å². The molecule has 2 aromatic heterocycles. The first-order chi connectivity index (χ1) is 11.5. The van der Waals surface area contributed by atoms with Crippen LogP contribution in [-0.2, 0) is 11.8 Å². The maximum atomic E-state index is 11.6. The first-order valence-electron chi connectivity index (χ1n) is 7.51. The Hall–Kier alpha value is -2.61. The standard InChI is InChI=1S/C15H18ClN7O/c1-3-13(24)23-5-4-10(9-23)19-14-12(16)7-17-15(21-14)20-11-6-18-22(2)8-11/h3,6-8,10H,1,4-5,9H2,2H3,(H2,17,19,20,21). The summed E-state index contributed by atoms with van der Waals surface area (Å²) < 4.78 is 1.68. The van der Waals surface area contributed by atoms with Gasteiger partial charge in [0.1, 0.15) is 5.02 Å². The van der Waals surface area contributed by atoms with E-state index in [0.717, 1.165) is 12.1 Å². The molecule has 1 amide bonds. The van der Waals surface area contributed by atoms with Gasteiger partial charge in [-0.05, 0) is 12.5 Å². The zero-order chi connectivity index (χ0) is 17.1. The second kappa shape index (κ2) is 6.88. The predicted octanol–water partition coefficient (Wildman–Crippen LogP) is 1.81. The van der Waals surface area contributed by atoms with E-state index in [4.69, 9.17) is 11.6 Å². The van der Waals surface area contributed by atoms with Crippen LogP contribution in [0.5, 0.6) is 0 Å². The Balaban J connectivity index is 1.68. The monoisotopic (exact) mass is 347 g/mol. The zero-order valence-electron chi connectivity index (χ0n) is 13.2. The third-order valence-corrected chi connectivity index (χ3v) is 4.00. The third-order valence-electron chi connectivity index (χ3n) is 3.72. The minimum Gasteiger partial charge on any atom is -0.364 e. The van der Waals surface area contributed by atoms with Crippen LogP contribution in [0.4, 0.5) is 17.5 Å². The van der Waals surface area contributed by atoms with Crippen LogP contribution in [0.1, 0.15) is 6.42 Å². The molecular formula is C15H18ClN7O. The number of halogens is 1. The minimum absolute atomic E-state index is 0.0629. The zero-order valence-corrected chi connectivity index (χ0v) is 14.0. The summed E-state index contributed by atoms with van der Waals surface area (Å²) in [6, 6.07) is 0.0903. The molecule has 1 fully saturated rings. The van der Waals surface area contributed by atoms with Crippen LogP contribution in [0.2, 0.25) is 5.02 Å². The molecule has 1 saturated heterocycles. The fourth-order valence-electron chi connectivity index (χ4n) is 2.54. The maximum absolute atomic E-state index is 11.6. The molecule has 1 aliphatic heterocycles. The lowest BCUT2D eigenvalue weighted by Crippen LogP contribution is -2.30. The van der Waals surface area contributed by atoms with Gasteiger partial charge in [-0.3, -0.25) is 9.48 Å².